The van der Waals surface area contributed by atoms with E-state index in [0.717, 1.165) is 6.41 Å². The Kier molecular flexibility index (Phi) is 14.5. The lowest BCUT2D eigenvalue weighted by molar-refractivity contribution is -0.143. The molecular weight excluding hydrogens is 274 g/mol. The molecule has 1 unspecified atom stereocenters. The standard InChI is InChI=1S/C9H16N2O3.C3H9NO.C2H6/c1-8(14-2)9(13)11-5-3-10(7-12)4-6-11;1-3(2)5-4;1-2/h7-8H,3-6H2,1-2H3;3H,4H2,1-2H3;1-2H3. The van der Waals surface area contributed by atoms with Gasteiger partial charge in [0.25, 0.3) is 5.91 Å². The van der Waals surface area contributed by atoms with Crippen LogP contribution in [0.2, 0.25) is 0 Å². The van der Waals surface area contributed by atoms with Gasteiger partial charge in [-0.3, -0.25) is 9.59 Å². The summed E-state index contributed by atoms with van der Waals surface area (Å²) in [6.07, 6.45) is 0.592. The molecule has 7 nitrogen and oxygen atoms in total. The van der Waals surface area contributed by atoms with Crippen molar-refractivity contribution in [2.24, 2.45) is 5.90 Å². The van der Waals surface area contributed by atoms with Crippen molar-refractivity contribution in [3.63, 3.8) is 0 Å². The molecule has 0 aromatic carbocycles. The molecule has 2 amide bonds. The molecule has 7 heteroatoms. The Labute approximate surface area is 128 Å². The molecule has 1 atom stereocenters. The van der Waals surface area contributed by atoms with Crippen molar-refractivity contribution in [3.8, 4) is 0 Å². The number of hydrogen-bond donors (Lipinski definition) is 1. The third-order valence-corrected chi connectivity index (χ3v) is 2.75. The van der Waals surface area contributed by atoms with Crippen LogP contribution < -0.4 is 5.90 Å². The van der Waals surface area contributed by atoms with Crippen LogP contribution in [0.4, 0.5) is 0 Å². The van der Waals surface area contributed by atoms with Gasteiger partial charge in [0, 0.05) is 33.3 Å². The lowest BCUT2D eigenvalue weighted by Gasteiger charge is -2.33. The number of ether oxygens (including phenoxy) is 1. The Morgan fingerprint density at radius 2 is 1.57 bits per heavy atom. The maximum atomic E-state index is 11.6. The summed E-state index contributed by atoms with van der Waals surface area (Å²) in [7, 11) is 1.52. The monoisotopic (exact) mass is 305 g/mol. The first-order valence-electron chi connectivity index (χ1n) is 7.32. The molecule has 1 rings (SSSR count). The van der Waals surface area contributed by atoms with E-state index in [9.17, 15) is 9.59 Å². The van der Waals surface area contributed by atoms with Crippen LogP contribution in [-0.2, 0) is 19.2 Å². The van der Waals surface area contributed by atoms with Gasteiger partial charge >= 0.3 is 0 Å². The Bertz CT molecular complexity index is 267. The lowest BCUT2D eigenvalue weighted by atomic mass is 10.2. The number of carbonyl (C=O) groups is 2. The van der Waals surface area contributed by atoms with Crippen molar-refractivity contribution in [1.82, 2.24) is 9.80 Å². The third-order valence-electron chi connectivity index (χ3n) is 2.75. The van der Waals surface area contributed by atoms with Gasteiger partial charge in [0.1, 0.15) is 6.10 Å². The summed E-state index contributed by atoms with van der Waals surface area (Å²) in [5.41, 5.74) is 0. The summed E-state index contributed by atoms with van der Waals surface area (Å²) in [4.78, 5) is 29.7. The van der Waals surface area contributed by atoms with Crippen LogP contribution in [0.1, 0.15) is 34.6 Å². The van der Waals surface area contributed by atoms with Gasteiger partial charge in [-0.05, 0) is 20.8 Å². The zero-order chi connectivity index (χ0) is 16.8. The number of methoxy groups -OCH3 is 1. The summed E-state index contributed by atoms with van der Waals surface area (Å²) in [6, 6.07) is 0. The smallest absolute Gasteiger partial charge is 0.251 e. The fraction of sp³-hybridized carbons (Fsp3) is 0.857. The van der Waals surface area contributed by atoms with E-state index < -0.39 is 6.10 Å². The highest BCUT2D eigenvalue weighted by molar-refractivity contribution is 5.80. The quantitative estimate of drug-likeness (QED) is 0.608. The van der Waals surface area contributed by atoms with Crippen LogP contribution in [0.25, 0.3) is 0 Å². The van der Waals surface area contributed by atoms with Crippen LogP contribution in [-0.4, -0.2) is 67.6 Å². The minimum Gasteiger partial charge on any atom is -0.372 e. The second kappa shape index (κ2) is 13.8. The van der Waals surface area contributed by atoms with Crippen molar-refractivity contribution in [2.75, 3.05) is 33.3 Å². The van der Waals surface area contributed by atoms with E-state index in [1.807, 2.05) is 27.7 Å². The summed E-state index contributed by atoms with van der Waals surface area (Å²) in [6.45, 7) is 11.9. The van der Waals surface area contributed by atoms with Crippen LogP contribution in [0.5, 0.6) is 0 Å². The maximum absolute atomic E-state index is 11.6. The molecule has 126 valence electrons. The Morgan fingerprint density at radius 1 is 1.14 bits per heavy atom. The third kappa shape index (κ3) is 10.2. The molecule has 0 bridgehead atoms. The number of nitrogens with zero attached hydrogens (tertiary/aromatic N) is 2. The summed E-state index contributed by atoms with van der Waals surface area (Å²) >= 11 is 0. The fourth-order valence-corrected chi connectivity index (χ4v) is 1.41. The van der Waals surface area contributed by atoms with Gasteiger partial charge in [0.15, 0.2) is 0 Å². The normalized spacial score (nSPS) is 15.4. The first kappa shape index (κ1) is 22.1. The second-order valence-electron chi connectivity index (χ2n) is 4.53. The highest BCUT2D eigenvalue weighted by Gasteiger charge is 2.23. The van der Waals surface area contributed by atoms with Crippen molar-refractivity contribution in [2.45, 2.75) is 46.8 Å². The van der Waals surface area contributed by atoms with Crippen LogP contribution in [0, 0.1) is 0 Å². The number of carbonyl (C=O) groups excluding carboxylic acids is 2. The molecule has 0 saturated carbocycles. The molecule has 0 aliphatic carbocycles. The zero-order valence-electron chi connectivity index (χ0n) is 14.2. The first-order valence-corrected chi connectivity index (χ1v) is 7.32. The van der Waals surface area contributed by atoms with E-state index in [-0.39, 0.29) is 12.0 Å². The van der Waals surface area contributed by atoms with E-state index in [0.29, 0.717) is 26.2 Å². The van der Waals surface area contributed by atoms with Crippen molar-refractivity contribution < 1.29 is 19.2 Å². The number of nitrogens with two attached hydrogens (primary N) is 1. The highest BCUT2D eigenvalue weighted by atomic mass is 16.6. The SMILES string of the molecule is CC.CC(C)ON.COC(C)C(=O)N1CCN(C=O)CC1. The summed E-state index contributed by atoms with van der Waals surface area (Å²) in [5, 5.41) is 0. The number of piperazine rings is 1. The predicted octanol–water partition coefficient (Wildman–Crippen LogP) is 0.633. The van der Waals surface area contributed by atoms with E-state index in [1.165, 1.54) is 7.11 Å². The maximum Gasteiger partial charge on any atom is 0.251 e. The number of amides is 2. The average molecular weight is 305 g/mol. The van der Waals surface area contributed by atoms with E-state index in [4.69, 9.17) is 4.74 Å². The van der Waals surface area contributed by atoms with Crippen molar-refractivity contribution in [1.29, 1.82) is 0 Å². The van der Waals surface area contributed by atoms with Gasteiger partial charge in [-0.15, -0.1) is 0 Å². The average Bonchev–Trinajstić information content (AvgIpc) is 2.55. The van der Waals surface area contributed by atoms with Crippen LogP contribution in [0.15, 0.2) is 0 Å². The van der Waals surface area contributed by atoms with Gasteiger partial charge in [0.2, 0.25) is 6.41 Å². The van der Waals surface area contributed by atoms with E-state index >= 15 is 0 Å². The highest BCUT2D eigenvalue weighted by Crippen LogP contribution is 2.03. The lowest BCUT2D eigenvalue weighted by Crippen LogP contribution is -2.50. The van der Waals surface area contributed by atoms with Gasteiger partial charge in [-0.25, -0.2) is 5.90 Å². The molecule has 2 N–H and O–H groups in total. The molecule has 1 aliphatic heterocycles. The minimum absolute atomic E-state index is 0.00181. The molecule has 21 heavy (non-hydrogen) atoms. The Balaban J connectivity index is 0. The van der Waals surface area contributed by atoms with Crippen LogP contribution in [0.3, 0.4) is 0 Å². The van der Waals surface area contributed by atoms with Gasteiger partial charge in [0.05, 0.1) is 6.10 Å². The molecule has 1 heterocycles. The Hall–Kier alpha value is -1.18. The van der Waals surface area contributed by atoms with Crippen LogP contribution >= 0.6 is 0 Å². The van der Waals surface area contributed by atoms with Crippen molar-refractivity contribution in [3.05, 3.63) is 0 Å². The Morgan fingerprint density at radius 3 is 1.86 bits per heavy atom. The number of hydrogen-bond acceptors (Lipinski definition) is 5. The van der Waals surface area contributed by atoms with Crippen molar-refractivity contribution >= 4 is 12.3 Å². The van der Waals surface area contributed by atoms with Gasteiger partial charge < -0.3 is 19.4 Å². The van der Waals surface area contributed by atoms with E-state index in [2.05, 4.69) is 10.7 Å². The topological polar surface area (TPSA) is 85.1 Å². The minimum atomic E-state index is -0.391. The van der Waals surface area contributed by atoms with Gasteiger partial charge in [-0.1, -0.05) is 13.8 Å². The zero-order valence-corrected chi connectivity index (χ0v) is 14.2. The molecule has 0 spiro atoms. The second-order valence-corrected chi connectivity index (χ2v) is 4.53. The molecule has 0 radical (unpaired) electrons. The largest absolute Gasteiger partial charge is 0.372 e. The molecular formula is C14H31N3O4. The summed E-state index contributed by atoms with van der Waals surface area (Å²) < 4.78 is 4.94. The first-order chi connectivity index (χ1) is 9.96. The summed E-state index contributed by atoms with van der Waals surface area (Å²) in [5.74, 6) is 4.67. The van der Waals surface area contributed by atoms with E-state index in [1.54, 1.807) is 16.7 Å². The molecule has 0 aromatic rings. The number of rotatable bonds is 4. The predicted molar refractivity (Wildman–Crippen MR) is 82.4 cm³/mol. The fourth-order valence-electron chi connectivity index (χ4n) is 1.41. The molecule has 1 fully saturated rings. The molecule has 1 saturated heterocycles. The molecule has 1 aliphatic rings. The van der Waals surface area contributed by atoms with Gasteiger partial charge in [-0.2, -0.15) is 0 Å². The molecule has 0 aromatic heterocycles.